The molecule has 0 unspecified atom stereocenters. The first-order valence-electron chi connectivity index (χ1n) is 12.2. The molecule has 2 fully saturated rings. The van der Waals surface area contributed by atoms with E-state index in [1.807, 2.05) is 71.8 Å². The Morgan fingerprint density at radius 3 is 2.51 bits per heavy atom. The maximum absolute atomic E-state index is 13.8. The minimum atomic E-state index is -0.845. The summed E-state index contributed by atoms with van der Waals surface area (Å²) in [5.41, 5.74) is 3.34. The van der Waals surface area contributed by atoms with Crippen molar-refractivity contribution in [1.82, 2.24) is 9.80 Å². The van der Waals surface area contributed by atoms with Crippen molar-refractivity contribution in [1.29, 1.82) is 0 Å². The van der Waals surface area contributed by atoms with Gasteiger partial charge in [-0.2, -0.15) is 0 Å². The van der Waals surface area contributed by atoms with E-state index < -0.39 is 23.9 Å². The summed E-state index contributed by atoms with van der Waals surface area (Å²) >= 11 is 0. The van der Waals surface area contributed by atoms with Crippen LogP contribution in [0.4, 0.5) is 5.69 Å². The molecule has 0 bridgehead atoms. The lowest BCUT2D eigenvalue weighted by atomic mass is 9.84. The standard InChI is InChI=1S/C29H23N3O5/c33-27(30-19-10-11-21-22(14-19)37-16-36-21)26-24-23(25-20-9-5-4-8-18(20)12-13-31(25)26)28(34)32(29(24)35)15-17-6-2-1-3-7-17/h1-14,23-26H,15-16H2,(H,30,33)/t23-,24+,25-,26-/m0/s1. The van der Waals surface area contributed by atoms with Crippen LogP contribution in [0.5, 0.6) is 11.5 Å². The van der Waals surface area contributed by atoms with Crippen LogP contribution < -0.4 is 14.8 Å². The average molecular weight is 494 g/mol. The average Bonchev–Trinajstić information content (AvgIpc) is 3.59. The molecule has 3 aromatic carbocycles. The number of likely N-dealkylation sites (tertiary alicyclic amines) is 1. The number of hydrogen-bond donors (Lipinski definition) is 1. The Kier molecular flexibility index (Phi) is 4.82. The highest BCUT2D eigenvalue weighted by Crippen LogP contribution is 2.53. The number of benzene rings is 3. The van der Waals surface area contributed by atoms with Crippen molar-refractivity contribution in [3.63, 3.8) is 0 Å². The molecule has 0 saturated carbocycles. The fourth-order valence-electron chi connectivity index (χ4n) is 6.03. The number of nitrogens with one attached hydrogen (secondary N) is 1. The van der Waals surface area contributed by atoms with E-state index >= 15 is 0 Å². The zero-order chi connectivity index (χ0) is 25.1. The summed E-state index contributed by atoms with van der Waals surface area (Å²) in [5.74, 6) is -1.19. The largest absolute Gasteiger partial charge is 0.454 e. The van der Waals surface area contributed by atoms with Crippen LogP contribution in [0.25, 0.3) is 6.08 Å². The molecule has 0 radical (unpaired) electrons. The molecule has 8 nitrogen and oxygen atoms in total. The molecular formula is C29H23N3O5. The first kappa shape index (κ1) is 21.7. The van der Waals surface area contributed by atoms with E-state index in [0.717, 1.165) is 16.7 Å². The van der Waals surface area contributed by atoms with E-state index in [-0.39, 0.29) is 31.1 Å². The first-order chi connectivity index (χ1) is 18.1. The molecule has 4 aliphatic rings. The SMILES string of the molecule is O=C(Nc1ccc2c(c1)OCO2)[C@@H]1[C@@H]2C(=O)N(Cc3ccccc3)C(=O)[C@@H]2[C@@H]2c3ccccc3C=CN12. The molecule has 2 saturated heterocycles. The first-order valence-corrected chi connectivity index (χ1v) is 12.2. The third-order valence-corrected chi connectivity index (χ3v) is 7.65. The van der Waals surface area contributed by atoms with Gasteiger partial charge in [0.1, 0.15) is 6.04 Å². The van der Waals surface area contributed by atoms with Gasteiger partial charge in [0.05, 0.1) is 24.4 Å². The fourth-order valence-corrected chi connectivity index (χ4v) is 6.03. The number of nitrogens with zero attached hydrogens (tertiary/aromatic N) is 2. The molecule has 8 heteroatoms. The van der Waals surface area contributed by atoms with Crippen LogP contribution in [0.3, 0.4) is 0 Å². The summed E-state index contributed by atoms with van der Waals surface area (Å²) in [6.45, 7) is 0.318. The van der Waals surface area contributed by atoms with Crippen molar-refractivity contribution in [3.05, 3.63) is 95.7 Å². The molecule has 0 aromatic heterocycles. The number of fused-ring (bicyclic) bond motifs is 6. The van der Waals surface area contributed by atoms with E-state index in [2.05, 4.69) is 5.32 Å². The van der Waals surface area contributed by atoms with Crippen molar-refractivity contribution in [2.24, 2.45) is 11.8 Å². The molecule has 0 spiro atoms. The number of hydrogen-bond acceptors (Lipinski definition) is 6. The van der Waals surface area contributed by atoms with Gasteiger partial charge >= 0.3 is 0 Å². The van der Waals surface area contributed by atoms with Gasteiger partial charge in [-0.3, -0.25) is 19.3 Å². The van der Waals surface area contributed by atoms with Crippen LogP contribution in [-0.4, -0.2) is 40.4 Å². The Labute approximate surface area is 213 Å². The molecule has 0 aliphatic carbocycles. The quantitative estimate of drug-likeness (QED) is 0.560. The summed E-state index contributed by atoms with van der Waals surface area (Å²) in [4.78, 5) is 44.6. The van der Waals surface area contributed by atoms with Crippen molar-refractivity contribution in [2.75, 3.05) is 12.1 Å². The fraction of sp³-hybridized carbons (Fsp3) is 0.207. The summed E-state index contributed by atoms with van der Waals surface area (Å²) in [7, 11) is 0. The van der Waals surface area contributed by atoms with Crippen molar-refractivity contribution in [3.8, 4) is 11.5 Å². The molecule has 184 valence electrons. The third kappa shape index (κ3) is 3.32. The van der Waals surface area contributed by atoms with Gasteiger partial charge < -0.3 is 19.7 Å². The third-order valence-electron chi connectivity index (χ3n) is 7.65. The topological polar surface area (TPSA) is 88.2 Å². The lowest BCUT2D eigenvalue weighted by Crippen LogP contribution is -2.46. The van der Waals surface area contributed by atoms with Crippen LogP contribution in [0.2, 0.25) is 0 Å². The van der Waals surface area contributed by atoms with Crippen LogP contribution in [0.15, 0.2) is 79.0 Å². The van der Waals surface area contributed by atoms with Crippen LogP contribution in [0.1, 0.15) is 22.7 Å². The smallest absolute Gasteiger partial charge is 0.247 e. The van der Waals surface area contributed by atoms with Gasteiger partial charge in [0.25, 0.3) is 0 Å². The lowest BCUT2D eigenvalue weighted by molar-refractivity contribution is -0.143. The Morgan fingerprint density at radius 2 is 1.65 bits per heavy atom. The second-order valence-corrected chi connectivity index (χ2v) is 9.64. The minimum Gasteiger partial charge on any atom is -0.454 e. The molecule has 3 aromatic rings. The van der Waals surface area contributed by atoms with Gasteiger partial charge in [-0.25, -0.2) is 0 Å². The van der Waals surface area contributed by atoms with Gasteiger partial charge in [-0.15, -0.1) is 0 Å². The Hall–Kier alpha value is -4.59. The van der Waals surface area contributed by atoms with E-state index in [4.69, 9.17) is 9.47 Å². The van der Waals surface area contributed by atoms with Crippen molar-refractivity contribution >= 4 is 29.5 Å². The predicted molar refractivity (Wildman–Crippen MR) is 134 cm³/mol. The van der Waals surface area contributed by atoms with Gasteiger partial charge in [-0.05, 0) is 34.9 Å². The highest BCUT2D eigenvalue weighted by atomic mass is 16.7. The van der Waals surface area contributed by atoms with Gasteiger partial charge in [0.15, 0.2) is 11.5 Å². The Bertz CT molecular complexity index is 1470. The molecule has 4 aliphatic heterocycles. The molecule has 4 heterocycles. The summed E-state index contributed by atoms with van der Waals surface area (Å²) in [6.07, 6.45) is 3.78. The number of imide groups is 1. The second kappa shape index (κ2) is 8.23. The van der Waals surface area contributed by atoms with Crippen molar-refractivity contribution < 1.29 is 23.9 Å². The zero-order valence-electron chi connectivity index (χ0n) is 19.7. The Morgan fingerprint density at radius 1 is 0.892 bits per heavy atom. The number of anilines is 1. The van der Waals surface area contributed by atoms with Crippen LogP contribution >= 0.6 is 0 Å². The normalized spacial score (nSPS) is 24.6. The van der Waals surface area contributed by atoms with E-state index in [0.29, 0.717) is 17.2 Å². The van der Waals surface area contributed by atoms with Crippen LogP contribution in [0, 0.1) is 11.8 Å². The maximum Gasteiger partial charge on any atom is 0.247 e. The van der Waals surface area contributed by atoms with E-state index in [9.17, 15) is 14.4 Å². The molecular weight excluding hydrogens is 470 g/mol. The molecule has 37 heavy (non-hydrogen) atoms. The van der Waals surface area contributed by atoms with E-state index in [1.165, 1.54) is 4.90 Å². The summed E-state index contributed by atoms with van der Waals surface area (Å²) in [6, 6.07) is 21.2. The van der Waals surface area contributed by atoms with Crippen molar-refractivity contribution in [2.45, 2.75) is 18.6 Å². The number of ether oxygens (including phenoxy) is 2. The molecule has 7 rings (SSSR count). The molecule has 4 atom stereocenters. The van der Waals surface area contributed by atoms with Gasteiger partial charge in [0.2, 0.25) is 24.5 Å². The Balaban J connectivity index is 1.26. The van der Waals surface area contributed by atoms with E-state index in [1.54, 1.807) is 18.2 Å². The summed E-state index contributed by atoms with van der Waals surface area (Å²) < 4.78 is 10.8. The maximum atomic E-state index is 13.8. The minimum absolute atomic E-state index is 0.132. The predicted octanol–water partition coefficient (Wildman–Crippen LogP) is 3.57. The highest BCUT2D eigenvalue weighted by molar-refractivity contribution is 6.10. The monoisotopic (exact) mass is 493 g/mol. The summed E-state index contributed by atoms with van der Waals surface area (Å²) in [5, 5.41) is 2.95. The number of rotatable bonds is 4. The van der Waals surface area contributed by atoms with Gasteiger partial charge in [0, 0.05) is 18.0 Å². The number of amides is 3. The van der Waals surface area contributed by atoms with Gasteiger partial charge in [-0.1, -0.05) is 54.6 Å². The molecule has 3 amide bonds. The second-order valence-electron chi connectivity index (χ2n) is 9.64. The van der Waals surface area contributed by atoms with Crippen LogP contribution in [-0.2, 0) is 20.9 Å². The highest BCUT2D eigenvalue weighted by Gasteiger charge is 2.64. The zero-order valence-corrected chi connectivity index (χ0v) is 19.7. The number of carbonyl (C=O) groups is 3. The molecule has 1 N–H and O–H groups in total. The number of carbonyl (C=O) groups excluding carboxylic acids is 3. The lowest BCUT2D eigenvalue weighted by Gasteiger charge is -2.35.